The third kappa shape index (κ3) is 1.56. The number of nitrogens with zero attached hydrogens (tertiary/aromatic N) is 1. The molecule has 1 nitrogen and oxygen atoms in total. The Hall–Kier alpha value is -0.510. The molecule has 0 radical (unpaired) electrons. The van der Waals surface area contributed by atoms with Gasteiger partial charge in [-0.3, -0.25) is 0 Å². The van der Waals surface area contributed by atoms with E-state index in [0.29, 0.717) is 11.3 Å². The minimum absolute atomic E-state index is 0.543. The number of nitriles is 1. The van der Waals surface area contributed by atoms with Crippen molar-refractivity contribution < 1.29 is 0 Å². The maximum Gasteiger partial charge on any atom is 0.0624 e. The third-order valence-electron chi connectivity index (χ3n) is 3.28. The first-order valence-corrected chi connectivity index (χ1v) is 4.45. The molecule has 0 unspecified atom stereocenters. The summed E-state index contributed by atoms with van der Waals surface area (Å²) in [6.07, 6.45) is 3.29. The lowest BCUT2D eigenvalue weighted by molar-refractivity contribution is 0.0280. The van der Waals surface area contributed by atoms with E-state index < -0.39 is 0 Å². The van der Waals surface area contributed by atoms with E-state index in [1.807, 2.05) is 0 Å². The minimum atomic E-state index is 0.543. The summed E-state index contributed by atoms with van der Waals surface area (Å²) in [5.41, 5.74) is 0.543. The summed E-state index contributed by atoms with van der Waals surface area (Å²) in [7, 11) is 0. The lowest BCUT2D eigenvalue weighted by Crippen LogP contribution is -2.38. The van der Waals surface area contributed by atoms with Crippen LogP contribution in [0.1, 0.15) is 40.0 Å². The summed E-state index contributed by atoms with van der Waals surface area (Å²) < 4.78 is 0. The highest BCUT2D eigenvalue weighted by Gasteiger charge is 2.41. The van der Waals surface area contributed by atoms with E-state index in [-0.39, 0.29) is 0 Å². The van der Waals surface area contributed by atoms with E-state index in [1.54, 1.807) is 0 Å². The van der Waals surface area contributed by atoms with Gasteiger partial charge < -0.3 is 0 Å². The van der Waals surface area contributed by atoms with Gasteiger partial charge in [-0.2, -0.15) is 5.26 Å². The summed E-state index contributed by atoms with van der Waals surface area (Å²) >= 11 is 0. The number of rotatable bonds is 2. The summed E-state index contributed by atoms with van der Waals surface area (Å²) in [6, 6.07) is 2.25. The second-order valence-corrected chi connectivity index (χ2v) is 4.45. The molecule has 0 aromatic heterocycles. The van der Waals surface area contributed by atoms with Gasteiger partial charge in [-0.1, -0.05) is 20.8 Å². The van der Waals surface area contributed by atoms with Gasteiger partial charge in [0.05, 0.1) is 6.07 Å². The van der Waals surface area contributed by atoms with Crippen molar-refractivity contribution in [3.63, 3.8) is 0 Å². The quantitative estimate of drug-likeness (QED) is 0.595. The molecular formula is C10H17N. The van der Waals surface area contributed by atoms with Gasteiger partial charge in [-0.05, 0) is 30.1 Å². The molecule has 0 aromatic rings. The van der Waals surface area contributed by atoms with Gasteiger partial charge in [0.25, 0.3) is 0 Å². The molecule has 0 aromatic carbocycles. The molecule has 1 fully saturated rings. The molecule has 0 atom stereocenters. The van der Waals surface area contributed by atoms with Gasteiger partial charge in [0.15, 0.2) is 0 Å². The molecule has 1 aliphatic rings. The van der Waals surface area contributed by atoms with Gasteiger partial charge in [-0.15, -0.1) is 0 Å². The van der Waals surface area contributed by atoms with Crippen LogP contribution in [0.2, 0.25) is 0 Å². The van der Waals surface area contributed by atoms with Gasteiger partial charge in [0, 0.05) is 6.42 Å². The third-order valence-corrected chi connectivity index (χ3v) is 3.28. The molecular weight excluding hydrogens is 134 g/mol. The average molecular weight is 151 g/mol. The van der Waals surface area contributed by atoms with E-state index in [0.717, 1.165) is 12.3 Å². The Balaban J connectivity index is 2.33. The zero-order valence-corrected chi connectivity index (χ0v) is 7.72. The van der Waals surface area contributed by atoms with Crippen LogP contribution in [0.3, 0.4) is 0 Å². The minimum Gasteiger partial charge on any atom is -0.198 e. The molecule has 1 aliphatic carbocycles. The number of hydrogen-bond donors (Lipinski definition) is 0. The molecule has 11 heavy (non-hydrogen) atoms. The van der Waals surface area contributed by atoms with Crippen LogP contribution in [0.15, 0.2) is 0 Å². The topological polar surface area (TPSA) is 23.8 Å². The molecule has 0 saturated heterocycles. The van der Waals surface area contributed by atoms with E-state index in [1.165, 1.54) is 12.8 Å². The SMILES string of the molecule is CC(C)C1(C)CC(CC#N)C1. The highest BCUT2D eigenvalue weighted by Crippen LogP contribution is 2.51. The first kappa shape index (κ1) is 8.59. The van der Waals surface area contributed by atoms with Crippen molar-refractivity contribution in [2.45, 2.75) is 40.0 Å². The van der Waals surface area contributed by atoms with Gasteiger partial charge in [0.2, 0.25) is 0 Å². The zero-order valence-electron chi connectivity index (χ0n) is 7.72. The van der Waals surface area contributed by atoms with E-state index in [9.17, 15) is 0 Å². The summed E-state index contributed by atoms with van der Waals surface area (Å²) in [6.45, 7) is 6.90. The highest BCUT2D eigenvalue weighted by molar-refractivity contribution is 4.95. The molecule has 0 heterocycles. The number of hydrogen-bond acceptors (Lipinski definition) is 1. The Bertz CT molecular complexity index is 170. The van der Waals surface area contributed by atoms with Crippen LogP contribution < -0.4 is 0 Å². The van der Waals surface area contributed by atoms with Crippen molar-refractivity contribution in [1.82, 2.24) is 0 Å². The van der Waals surface area contributed by atoms with Crippen LogP contribution in [0.4, 0.5) is 0 Å². The maximum atomic E-state index is 8.46. The zero-order chi connectivity index (χ0) is 8.48. The van der Waals surface area contributed by atoms with E-state index in [2.05, 4.69) is 26.8 Å². The molecule has 62 valence electrons. The molecule has 1 saturated carbocycles. The Kier molecular flexibility index (Phi) is 2.23. The second kappa shape index (κ2) is 2.85. The molecule has 0 spiro atoms. The summed E-state index contributed by atoms with van der Waals surface area (Å²) in [4.78, 5) is 0. The second-order valence-electron chi connectivity index (χ2n) is 4.45. The maximum absolute atomic E-state index is 8.46. The Morgan fingerprint density at radius 2 is 2.09 bits per heavy atom. The highest BCUT2D eigenvalue weighted by atomic mass is 14.5. The van der Waals surface area contributed by atoms with E-state index >= 15 is 0 Å². The first-order chi connectivity index (χ1) is 5.08. The van der Waals surface area contributed by atoms with Crippen LogP contribution in [-0.4, -0.2) is 0 Å². The normalized spacial score (nSPS) is 36.5. The monoisotopic (exact) mass is 151 g/mol. The molecule has 0 aliphatic heterocycles. The van der Waals surface area contributed by atoms with Gasteiger partial charge in [-0.25, -0.2) is 0 Å². The fourth-order valence-corrected chi connectivity index (χ4v) is 2.00. The van der Waals surface area contributed by atoms with Crippen LogP contribution in [0.5, 0.6) is 0 Å². The molecule has 1 heteroatoms. The fraction of sp³-hybridized carbons (Fsp3) is 0.900. The van der Waals surface area contributed by atoms with Crippen LogP contribution >= 0.6 is 0 Å². The smallest absolute Gasteiger partial charge is 0.0624 e. The fourth-order valence-electron chi connectivity index (χ4n) is 2.00. The Morgan fingerprint density at radius 3 is 2.45 bits per heavy atom. The van der Waals surface area contributed by atoms with Crippen molar-refractivity contribution in [2.75, 3.05) is 0 Å². The van der Waals surface area contributed by atoms with Crippen LogP contribution in [0, 0.1) is 28.6 Å². The molecule has 0 bridgehead atoms. The standard InChI is InChI=1S/C10H17N/c1-8(2)10(3)6-9(7-10)4-5-11/h8-9H,4,6-7H2,1-3H3. The van der Waals surface area contributed by atoms with Crippen LogP contribution in [-0.2, 0) is 0 Å². The van der Waals surface area contributed by atoms with Crippen molar-refractivity contribution in [3.8, 4) is 6.07 Å². The summed E-state index contributed by atoms with van der Waals surface area (Å²) in [5.74, 6) is 1.48. The predicted octanol–water partition coefficient (Wildman–Crippen LogP) is 2.97. The molecule has 0 amide bonds. The van der Waals surface area contributed by atoms with E-state index in [4.69, 9.17) is 5.26 Å². The lowest BCUT2D eigenvalue weighted by atomic mass is 9.57. The summed E-state index contributed by atoms with van der Waals surface area (Å²) in [5, 5.41) is 8.46. The average Bonchev–Trinajstić information content (AvgIpc) is 1.84. The largest absolute Gasteiger partial charge is 0.198 e. The van der Waals surface area contributed by atoms with Gasteiger partial charge >= 0.3 is 0 Å². The van der Waals surface area contributed by atoms with Crippen molar-refractivity contribution in [2.24, 2.45) is 17.3 Å². The Morgan fingerprint density at radius 1 is 1.55 bits per heavy atom. The van der Waals surface area contributed by atoms with Crippen molar-refractivity contribution >= 4 is 0 Å². The lowest BCUT2D eigenvalue weighted by Gasteiger charge is -2.47. The van der Waals surface area contributed by atoms with Crippen molar-refractivity contribution in [1.29, 1.82) is 5.26 Å². The molecule has 1 rings (SSSR count). The van der Waals surface area contributed by atoms with Gasteiger partial charge in [0.1, 0.15) is 0 Å². The first-order valence-electron chi connectivity index (χ1n) is 4.45. The predicted molar refractivity (Wildman–Crippen MR) is 45.9 cm³/mol. The Labute approximate surface area is 69.4 Å². The van der Waals surface area contributed by atoms with Crippen molar-refractivity contribution in [3.05, 3.63) is 0 Å². The molecule has 0 N–H and O–H groups in total. The van der Waals surface area contributed by atoms with Crippen LogP contribution in [0.25, 0.3) is 0 Å².